The van der Waals surface area contributed by atoms with E-state index >= 15 is 0 Å². The van der Waals surface area contributed by atoms with Crippen LogP contribution in [-0.2, 0) is 24.0 Å². The van der Waals surface area contributed by atoms with Crippen molar-refractivity contribution in [1.82, 2.24) is 10.4 Å². The Labute approximate surface area is 245 Å². The number of unbranched alkanes of at least 4 members (excludes halogenated alkanes) is 1. The Bertz CT molecular complexity index is 811. The van der Waals surface area contributed by atoms with E-state index in [1.807, 2.05) is 27.7 Å². The van der Waals surface area contributed by atoms with Crippen LogP contribution in [0.5, 0.6) is 0 Å². The van der Waals surface area contributed by atoms with E-state index in [1.54, 1.807) is 0 Å². The first kappa shape index (κ1) is 38.5. The van der Waals surface area contributed by atoms with Crippen molar-refractivity contribution in [2.45, 2.75) is 145 Å². The third-order valence-corrected chi connectivity index (χ3v) is 10.1. The molecule has 0 spiro atoms. The van der Waals surface area contributed by atoms with Crippen LogP contribution >= 0.6 is 0 Å². The molecule has 0 aliphatic carbocycles. The van der Waals surface area contributed by atoms with E-state index in [1.165, 1.54) is 0 Å². The highest BCUT2D eigenvalue weighted by Crippen LogP contribution is 2.49. The van der Waals surface area contributed by atoms with Gasteiger partial charge in [0.15, 0.2) is 0 Å². The Balaban J connectivity index is 0.00000191. The van der Waals surface area contributed by atoms with Crippen LogP contribution in [0.15, 0.2) is 0 Å². The molecule has 40 heavy (non-hydrogen) atoms. The number of carbonyl (C=O) groups excluding carboxylic acids is 3. The van der Waals surface area contributed by atoms with E-state index in [-0.39, 0.29) is 47.4 Å². The zero-order valence-corrected chi connectivity index (χ0v) is 28.0. The molecule has 0 aromatic rings. The summed E-state index contributed by atoms with van der Waals surface area (Å²) >= 11 is 0. The summed E-state index contributed by atoms with van der Waals surface area (Å²) in [6.07, 6.45) is 4.98. The van der Waals surface area contributed by atoms with E-state index in [4.69, 9.17) is 9.94 Å². The molecule has 8 nitrogen and oxygen atoms in total. The molecule has 1 aliphatic heterocycles. The Morgan fingerprint density at radius 2 is 1.73 bits per heavy atom. The number of nitrogens with one attached hydrogen (secondary N) is 1. The lowest BCUT2D eigenvalue weighted by Gasteiger charge is -2.58. The maximum atomic E-state index is 12.9. The first-order chi connectivity index (χ1) is 18.3. The van der Waals surface area contributed by atoms with E-state index in [2.05, 4.69) is 77.4 Å². The fraction of sp³-hybridized carbons (Fsp3) is 0.906. The number of Topliss-reactive ketones (excluding diaryl/α,β-unsaturated/α-hetero) is 1. The Kier molecular flexibility index (Phi) is 15.1. The molecule has 0 radical (unpaired) electrons. The van der Waals surface area contributed by atoms with Crippen LogP contribution in [0.25, 0.3) is 0 Å². The first-order valence-corrected chi connectivity index (χ1v) is 15.2. The van der Waals surface area contributed by atoms with Crippen LogP contribution in [0.1, 0.15) is 129 Å². The smallest absolute Gasteiger partial charge is 0.293 e. The van der Waals surface area contributed by atoms with E-state index in [9.17, 15) is 14.4 Å². The number of aliphatic hydroxyl groups is 1. The molecule has 1 amide bonds. The van der Waals surface area contributed by atoms with Gasteiger partial charge in [-0.3, -0.25) is 19.2 Å². The number of hydrogen-bond donors (Lipinski definition) is 2. The van der Waals surface area contributed by atoms with Crippen molar-refractivity contribution in [1.29, 1.82) is 0 Å². The highest BCUT2D eigenvalue weighted by atomic mass is 16.7. The highest BCUT2D eigenvalue weighted by Gasteiger charge is 2.55. The number of piperidine rings is 1. The second kappa shape index (κ2) is 15.6. The third kappa shape index (κ3) is 9.25. The summed E-state index contributed by atoms with van der Waals surface area (Å²) < 4.78 is 4.39. The molecule has 1 heterocycles. The normalized spacial score (nSPS) is 25.1. The van der Waals surface area contributed by atoms with Gasteiger partial charge in [0.05, 0.1) is 29.9 Å². The van der Waals surface area contributed by atoms with Gasteiger partial charge in [-0.25, -0.2) is 0 Å². The van der Waals surface area contributed by atoms with Crippen molar-refractivity contribution in [2.24, 2.45) is 22.7 Å². The monoisotopic (exact) mass is 570 g/mol. The maximum absolute atomic E-state index is 12.9. The fourth-order valence-electron chi connectivity index (χ4n) is 5.24. The van der Waals surface area contributed by atoms with Crippen LogP contribution in [0.2, 0.25) is 0 Å². The third-order valence-electron chi connectivity index (χ3n) is 10.1. The summed E-state index contributed by atoms with van der Waals surface area (Å²) in [6.45, 7) is 28.5. The minimum atomic E-state index is -0.617. The van der Waals surface area contributed by atoms with Crippen molar-refractivity contribution in [2.75, 3.05) is 19.8 Å². The van der Waals surface area contributed by atoms with Crippen LogP contribution in [0, 0.1) is 22.7 Å². The van der Waals surface area contributed by atoms with Gasteiger partial charge in [-0.05, 0) is 64.7 Å². The molecule has 1 aliphatic rings. The summed E-state index contributed by atoms with van der Waals surface area (Å²) in [4.78, 5) is 42.1. The van der Waals surface area contributed by atoms with E-state index in [0.29, 0.717) is 25.3 Å². The van der Waals surface area contributed by atoms with Crippen LogP contribution in [0.3, 0.4) is 0 Å². The van der Waals surface area contributed by atoms with Gasteiger partial charge >= 0.3 is 0 Å². The lowest BCUT2D eigenvalue weighted by atomic mass is 9.62. The molecular formula is C32H62N2O6. The predicted molar refractivity (Wildman–Crippen MR) is 162 cm³/mol. The number of ketones is 1. The minimum Gasteiger partial charge on any atom is -0.468 e. The summed E-state index contributed by atoms with van der Waals surface area (Å²) in [7, 11) is 0. The quantitative estimate of drug-likeness (QED) is 0.181. The van der Waals surface area contributed by atoms with Crippen LogP contribution < -0.4 is 5.32 Å². The number of carbonyl (C=O) groups is 3. The van der Waals surface area contributed by atoms with Gasteiger partial charge < -0.3 is 15.2 Å². The fourth-order valence-corrected chi connectivity index (χ4v) is 5.24. The molecule has 236 valence electrons. The summed E-state index contributed by atoms with van der Waals surface area (Å²) in [5.41, 5.74) is -2.16. The molecular weight excluding hydrogens is 508 g/mol. The molecule has 1 saturated heterocycles. The topological polar surface area (TPSA) is 105 Å². The van der Waals surface area contributed by atoms with Crippen LogP contribution in [0.4, 0.5) is 0 Å². The molecule has 4 atom stereocenters. The standard InChI is InChI=1S/C27H52N2O4.C5H10O2/c1-13-26(11)18-21(31)20(4)27(12,14-2)29(26)33-25(9,10)19(3)17-23(5,6)24(7,8)22(32)28-15-16-30;1-2-3-4-7-5-6/h19-20,30H,13-18H2,1-12H3,(H,28,32);5H,2-4H2,1H3. The van der Waals surface area contributed by atoms with Crippen molar-refractivity contribution >= 4 is 18.2 Å². The molecule has 1 fully saturated rings. The molecule has 0 bridgehead atoms. The average Bonchev–Trinajstić information content (AvgIpc) is 2.88. The SMILES string of the molecule is CCC1(C)CC(=O)C(C)C(C)(CC)N1OC(C)(C)C(C)CC(C)(C)C(C)(C)C(=O)NCCO.CCCCOC=O. The molecule has 0 aromatic heterocycles. The van der Waals surface area contributed by atoms with Crippen molar-refractivity contribution in [3.05, 3.63) is 0 Å². The van der Waals surface area contributed by atoms with Crippen molar-refractivity contribution in [3.8, 4) is 0 Å². The maximum Gasteiger partial charge on any atom is 0.293 e. The average molecular weight is 571 g/mol. The number of hydrogen-bond acceptors (Lipinski definition) is 7. The summed E-state index contributed by atoms with van der Waals surface area (Å²) in [6, 6.07) is 0. The zero-order chi connectivity index (χ0) is 31.6. The van der Waals surface area contributed by atoms with Gasteiger partial charge in [0.2, 0.25) is 5.91 Å². The summed E-state index contributed by atoms with van der Waals surface area (Å²) in [5.74, 6) is 0.311. The van der Waals surface area contributed by atoms with Gasteiger partial charge in [-0.15, -0.1) is 0 Å². The lowest BCUT2D eigenvalue weighted by Crippen LogP contribution is -2.68. The van der Waals surface area contributed by atoms with Crippen molar-refractivity contribution < 1.29 is 29.1 Å². The minimum absolute atomic E-state index is 0.0482. The number of ether oxygens (including phenoxy) is 1. The number of amides is 1. The number of hydroxylamine groups is 2. The van der Waals surface area contributed by atoms with Crippen molar-refractivity contribution in [3.63, 3.8) is 0 Å². The lowest BCUT2D eigenvalue weighted by molar-refractivity contribution is -0.348. The van der Waals surface area contributed by atoms with E-state index < -0.39 is 11.0 Å². The number of nitrogens with zero attached hydrogens (tertiary/aromatic N) is 1. The molecule has 0 saturated carbocycles. The molecule has 8 heteroatoms. The number of rotatable bonds is 15. The van der Waals surface area contributed by atoms with Gasteiger partial charge in [-0.1, -0.05) is 68.7 Å². The molecule has 0 aromatic carbocycles. The van der Waals surface area contributed by atoms with Crippen LogP contribution in [-0.4, -0.2) is 64.8 Å². The second-order valence-electron chi connectivity index (χ2n) is 13.8. The van der Waals surface area contributed by atoms with Gasteiger partial charge in [-0.2, -0.15) is 5.06 Å². The summed E-state index contributed by atoms with van der Waals surface area (Å²) in [5, 5.41) is 14.1. The zero-order valence-electron chi connectivity index (χ0n) is 28.0. The second-order valence-corrected chi connectivity index (χ2v) is 13.8. The number of aliphatic hydroxyl groups excluding tert-OH is 1. The largest absolute Gasteiger partial charge is 0.468 e. The molecule has 4 unspecified atom stereocenters. The Hall–Kier alpha value is -1.51. The molecule has 1 rings (SSSR count). The van der Waals surface area contributed by atoms with E-state index in [0.717, 1.165) is 32.1 Å². The first-order valence-electron chi connectivity index (χ1n) is 15.2. The van der Waals surface area contributed by atoms with Gasteiger partial charge in [0, 0.05) is 24.3 Å². The Morgan fingerprint density at radius 1 is 1.15 bits per heavy atom. The molecule has 2 N–H and O–H groups in total. The Morgan fingerprint density at radius 3 is 2.17 bits per heavy atom. The van der Waals surface area contributed by atoms with Gasteiger partial charge in [0.25, 0.3) is 6.47 Å². The predicted octanol–water partition coefficient (Wildman–Crippen LogP) is 6.09. The highest BCUT2D eigenvalue weighted by molar-refractivity contribution is 5.84. The van der Waals surface area contributed by atoms with Gasteiger partial charge in [0.1, 0.15) is 5.78 Å².